The average Bonchev–Trinajstić information content (AvgIpc) is 2.76. The van der Waals surface area contributed by atoms with Crippen LogP contribution in [0.15, 0.2) is 48.5 Å². The number of halogens is 2. The minimum atomic E-state index is -2.82. The van der Waals surface area contributed by atoms with Gasteiger partial charge in [-0.25, -0.2) is 0 Å². The van der Waals surface area contributed by atoms with E-state index in [0.29, 0.717) is 0 Å². The Hall–Kier alpha value is -2.14. The lowest BCUT2D eigenvalue weighted by atomic mass is 10.1. The predicted octanol–water partition coefficient (Wildman–Crippen LogP) is 3.84. The monoisotopic (exact) mass is 290 g/mol. The first-order valence-electron chi connectivity index (χ1n) is 6.79. The number of rotatable bonds is 4. The molecule has 0 aromatic heterocycles. The topological polar surface area (TPSA) is 47.3 Å². The van der Waals surface area contributed by atoms with E-state index < -0.39 is 6.61 Å². The largest absolute Gasteiger partial charge is 0.435 e. The van der Waals surface area contributed by atoms with Crippen LogP contribution in [0.2, 0.25) is 0 Å². The van der Waals surface area contributed by atoms with Crippen molar-refractivity contribution in [3.8, 4) is 5.75 Å². The number of alkyl halides is 2. The molecule has 3 nitrogen and oxygen atoms in total. The molecule has 1 aliphatic carbocycles. The Kier molecular flexibility index (Phi) is 3.75. The summed E-state index contributed by atoms with van der Waals surface area (Å²) < 4.78 is 28.9. The molecule has 2 aromatic carbocycles. The van der Waals surface area contributed by atoms with Gasteiger partial charge in [0.1, 0.15) is 5.75 Å². The highest BCUT2D eigenvalue weighted by Crippen LogP contribution is 2.39. The van der Waals surface area contributed by atoms with Crippen LogP contribution in [-0.4, -0.2) is 6.61 Å². The van der Waals surface area contributed by atoms with Crippen molar-refractivity contribution in [3.05, 3.63) is 59.7 Å². The molecule has 2 atom stereocenters. The number of hydrogen-bond donors (Lipinski definition) is 2. The van der Waals surface area contributed by atoms with Gasteiger partial charge in [-0.1, -0.05) is 30.3 Å². The summed E-state index contributed by atoms with van der Waals surface area (Å²) in [5.41, 5.74) is 9.15. The molecule has 0 radical (unpaired) electrons. The van der Waals surface area contributed by atoms with Gasteiger partial charge in [-0.15, -0.1) is 0 Å². The third kappa shape index (κ3) is 2.97. The van der Waals surface area contributed by atoms with Crippen molar-refractivity contribution in [2.24, 2.45) is 5.73 Å². The first kappa shape index (κ1) is 13.8. The first-order chi connectivity index (χ1) is 10.1. The first-order valence-corrected chi connectivity index (χ1v) is 6.79. The Labute approximate surface area is 121 Å². The molecule has 0 spiro atoms. The van der Waals surface area contributed by atoms with Gasteiger partial charge < -0.3 is 15.8 Å². The zero-order valence-corrected chi connectivity index (χ0v) is 11.3. The Morgan fingerprint density at radius 3 is 2.62 bits per heavy atom. The van der Waals surface area contributed by atoms with Crippen molar-refractivity contribution < 1.29 is 13.5 Å². The number of benzene rings is 2. The van der Waals surface area contributed by atoms with Crippen LogP contribution in [0.4, 0.5) is 14.5 Å². The summed E-state index contributed by atoms with van der Waals surface area (Å²) in [5, 5.41) is 3.34. The van der Waals surface area contributed by atoms with E-state index in [1.54, 1.807) is 12.1 Å². The van der Waals surface area contributed by atoms with Crippen LogP contribution in [0.5, 0.6) is 5.75 Å². The molecule has 21 heavy (non-hydrogen) atoms. The van der Waals surface area contributed by atoms with Crippen molar-refractivity contribution in [3.63, 3.8) is 0 Å². The van der Waals surface area contributed by atoms with E-state index in [1.807, 2.05) is 30.3 Å². The van der Waals surface area contributed by atoms with E-state index in [9.17, 15) is 8.78 Å². The lowest BCUT2D eigenvalue weighted by Gasteiger charge is -2.16. The second-order valence-corrected chi connectivity index (χ2v) is 5.07. The van der Waals surface area contributed by atoms with Crippen LogP contribution < -0.4 is 15.8 Å². The van der Waals surface area contributed by atoms with E-state index in [0.717, 1.165) is 23.2 Å². The number of hydrogen-bond acceptors (Lipinski definition) is 3. The summed E-state index contributed by atoms with van der Waals surface area (Å²) in [6, 6.07) is 14.7. The molecule has 0 aliphatic heterocycles. The van der Waals surface area contributed by atoms with Gasteiger partial charge >= 0.3 is 6.61 Å². The highest BCUT2D eigenvalue weighted by molar-refractivity contribution is 5.52. The Bertz CT molecular complexity index is 633. The lowest BCUT2D eigenvalue weighted by molar-refractivity contribution is -0.0498. The maximum Gasteiger partial charge on any atom is 0.387 e. The molecule has 3 N–H and O–H groups in total. The summed E-state index contributed by atoms with van der Waals surface area (Å²) in [7, 11) is 0. The van der Waals surface area contributed by atoms with Crippen LogP contribution >= 0.6 is 0 Å². The van der Waals surface area contributed by atoms with E-state index in [-0.39, 0.29) is 17.8 Å². The molecule has 0 heterocycles. The van der Waals surface area contributed by atoms with Gasteiger partial charge in [0.2, 0.25) is 0 Å². The van der Waals surface area contributed by atoms with Crippen molar-refractivity contribution >= 4 is 5.69 Å². The van der Waals surface area contributed by atoms with Crippen molar-refractivity contribution in [1.82, 2.24) is 0 Å². The molecular formula is C16H16F2N2O. The highest BCUT2D eigenvalue weighted by Gasteiger charge is 2.28. The normalized spacial score (nSPS) is 20.4. The standard InChI is InChI=1S/C16H16F2N2O/c17-16(18)21-11-5-3-4-10(8-11)20-15-9-14(19)12-6-1-2-7-13(12)15/h1-8,14-16,20H,9,19H2. The number of nitrogens with two attached hydrogens (primary N) is 1. The summed E-state index contributed by atoms with van der Waals surface area (Å²) in [4.78, 5) is 0. The smallest absolute Gasteiger partial charge is 0.387 e. The van der Waals surface area contributed by atoms with Crippen LogP contribution in [0.3, 0.4) is 0 Å². The molecule has 2 aromatic rings. The summed E-state index contributed by atoms with van der Waals surface area (Å²) >= 11 is 0. The minimum Gasteiger partial charge on any atom is -0.435 e. The quantitative estimate of drug-likeness (QED) is 0.899. The molecule has 110 valence electrons. The summed E-state index contributed by atoms with van der Waals surface area (Å²) in [6.07, 6.45) is 0.777. The van der Waals surface area contributed by atoms with E-state index in [1.165, 1.54) is 6.07 Å². The van der Waals surface area contributed by atoms with E-state index in [2.05, 4.69) is 10.1 Å². The summed E-state index contributed by atoms with van der Waals surface area (Å²) in [6.45, 7) is -2.82. The molecule has 1 aliphatic rings. The molecule has 0 bridgehead atoms. The van der Waals surface area contributed by atoms with Gasteiger partial charge in [-0.3, -0.25) is 0 Å². The average molecular weight is 290 g/mol. The van der Waals surface area contributed by atoms with Gasteiger partial charge in [-0.2, -0.15) is 8.78 Å². The highest BCUT2D eigenvalue weighted by atomic mass is 19.3. The zero-order chi connectivity index (χ0) is 14.8. The van der Waals surface area contributed by atoms with Gasteiger partial charge in [0.05, 0.1) is 6.04 Å². The SMILES string of the molecule is NC1CC(Nc2cccc(OC(F)F)c2)c2ccccc21. The molecule has 0 saturated heterocycles. The fourth-order valence-electron chi connectivity index (χ4n) is 2.77. The maximum absolute atomic E-state index is 12.2. The molecule has 0 amide bonds. The number of ether oxygens (including phenoxy) is 1. The van der Waals surface area contributed by atoms with Crippen molar-refractivity contribution in [1.29, 1.82) is 0 Å². The maximum atomic E-state index is 12.2. The third-order valence-corrected chi connectivity index (χ3v) is 3.66. The lowest BCUT2D eigenvalue weighted by Crippen LogP contribution is -2.10. The molecule has 0 saturated carbocycles. The predicted molar refractivity (Wildman–Crippen MR) is 77.4 cm³/mol. The molecule has 0 fully saturated rings. The Morgan fingerprint density at radius 1 is 1.10 bits per heavy atom. The van der Waals surface area contributed by atoms with E-state index in [4.69, 9.17) is 5.73 Å². The fourth-order valence-corrected chi connectivity index (χ4v) is 2.77. The second-order valence-electron chi connectivity index (χ2n) is 5.07. The van der Waals surface area contributed by atoms with Crippen LogP contribution in [0.1, 0.15) is 29.6 Å². The third-order valence-electron chi connectivity index (χ3n) is 3.66. The minimum absolute atomic E-state index is 0.000744. The summed E-state index contributed by atoms with van der Waals surface area (Å²) in [5.74, 6) is 0.144. The van der Waals surface area contributed by atoms with Crippen molar-refractivity contribution in [2.75, 3.05) is 5.32 Å². The number of nitrogens with one attached hydrogen (secondary N) is 1. The van der Waals surface area contributed by atoms with E-state index >= 15 is 0 Å². The van der Waals surface area contributed by atoms with Gasteiger partial charge in [0.15, 0.2) is 0 Å². The molecule has 5 heteroatoms. The van der Waals surface area contributed by atoms with Gasteiger partial charge in [0.25, 0.3) is 0 Å². The number of anilines is 1. The van der Waals surface area contributed by atoms with Crippen LogP contribution in [-0.2, 0) is 0 Å². The van der Waals surface area contributed by atoms with Crippen LogP contribution in [0.25, 0.3) is 0 Å². The molecule has 3 rings (SSSR count). The Balaban J connectivity index is 1.79. The second kappa shape index (κ2) is 5.69. The van der Waals surface area contributed by atoms with Crippen molar-refractivity contribution in [2.45, 2.75) is 25.1 Å². The zero-order valence-electron chi connectivity index (χ0n) is 11.3. The fraction of sp³-hybridized carbons (Fsp3) is 0.250. The van der Waals surface area contributed by atoms with Gasteiger partial charge in [-0.05, 0) is 29.7 Å². The molecule has 2 unspecified atom stereocenters. The Morgan fingerprint density at radius 2 is 1.86 bits per heavy atom. The van der Waals surface area contributed by atoms with Gasteiger partial charge in [0, 0.05) is 17.8 Å². The van der Waals surface area contributed by atoms with Crippen LogP contribution in [0, 0.1) is 0 Å². The molecular weight excluding hydrogens is 274 g/mol. The number of fused-ring (bicyclic) bond motifs is 1.